The van der Waals surface area contributed by atoms with E-state index >= 15 is 0 Å². The van der Waals surface area contributed by atoms with E-state index in [1.54, 1.807) is 23.9 Å². The van der Waals surface area contributed by atoms with Gasteiger partial charge in [-0.25, -0.2) is 15.0 Å². The van der Waals surface area contributed by atoms with Crippen LogP contribution in [-0.2, 0) is 0 Å². The molecule has 0 fully saturated rings. The van der Waals surface area contributed by atoms with Crippen molar-refractivity contribution in [3.63, 3.8) is 0 Å². The van der Waals surface area contributed by atoms with Gasteiger partial charge in [-0.15, -0.1) is 11.3 Å². The fourth-order valence-electron chi connectivity index (χ4n) is 2.62. The summed E-state index contributed by atoms with van der Waals surface area (Å²) in [5, 5.41) is 1.01. The number of nitrogens with zero attached hydrogens (tertiary/aromatic N) is 3. The first-order valence-corrected chi connectivity index (χ1v) is 8.52. The third-order valence-electron chi connectivity index (χ3n) is 3.85. The SMILES string of the molecule is Cc1nc(-c2ccc(-c3ccccc3)cc2)sc1-c1ccncn1. The van der Waals surface area contributed by atoms with Gasteiger partial charge in [0, 0.05) is 11.8 Å². The average molecular weight is 329 g/mol. The van der Waals surface area contributed by atoms with Crippen molar-refractivity contribution in [3.8, 4) is 32.3 Å². The maximum Gasteiger partial charge on any atom is 0.124 e. The van der Waals surface area contributed by atoms with Crippen molar-refractivity contribution >= 4 is 11.3 Å². The summed E-state index contributed by atoms with van der Waals surface area (Å²) in [6.07, 6.45) is 3.33. The van der Waals surface area contributed by atoms with Crippen LogP contribution in [0.3, 0.4) is 0 Å². The summed E-state index contributed by atoms with van der Waals surface area (Å²) in [4.78, 5) is 14.1. The van der Waals surface area contributed by atoms with Gasteiger partial charge in [0.05, 0.1) is 16.3 Å². The van der Waals surface area contributed by atoms with Crippen LogP contribution in [0.1, 0.15) is 5.69 Å². The first-order chi connectivity index (χ1) is 11.8. The molecule has 0 saturated carbocycles. The van der Waals surface area contributed by atoms with Crippen molar-refractivity contribution in [1.29, 1.82) is 0 Å². The number of rotatable bonds is 3. The van der Waals surface area contributed by atoms with Crippen molar-refractivity contribution in [2.45, 2.75) is 6.92 Å². The van der Waals surface area contributed by atoms with Crippen LogP contribution in [0.2, 0.25) is 0 Å². The van der Waals surface area contributed by atoms with E-state index in [0.29, 0.717) is 0 Å². The van der Waals surface area contributed by atoms with Crippen LogP contribution in [0.25, 0.3) is 32.3 Å². The molecule has 0 aliphatic rings. The van der Waals surface area contributed by atoms with Gasteiger partial charge in [0.2, 0.25) is 0 Å². The van der Waals surface area contributed by atoms with E-state index in [-0.39, 0.29) is 0 Å². The summed E-state index contributed by atoms with van der Waals surface area (Å²) in [7, 11) is 0. The minimum Gasteiger partial charge on any atom is -0.245 e. The molecule has 2 aromatic heterocycles. The molecule has 4 heteroatoms. The lowest BCUT2D eigenvalue weighted by atomic mass is 10.0. The Morgan fingerprint density at radius 1 is 0.792 bits per heavy atom. The second-order valence-electron chi connectivity index (χ2n) is 5.47. The molecule has 0 spiro atoms. The highest BCUT2D eigenvalue weighted by Gasteiger charge is 2.12. The summed E-state index contributed by atoms with van der Waals surface area (Å²) in [6.45, 7) is 2.02. The smallest absolute Gasteiger partial charge is 0.124 e. The molecule has 0 amide bonds. The molecule has 0 saturated heterocycles. The first kappa shape index (κ1) is 14.7. The van der Waals surface area contributed by atoms with E-state index in [4.69, 9.17) is 4.98 Å². The third kappa shape index (κ3) is 2.84. The second kappa shape index (κ2) is 6.34. The van der Waals surface area contributed by atoms with Crippen LogP contribution < -0.4 is 0 Å². The van der Waals surface area contributed by atoms with E-state index in [2.05, 4.69) is 58.5 Å². The Bertz CT molecular complexity index is 945. The monoisotopic (exact) mass is 329 g/mol. The minimum atomic E-state index is 0.923. The predicted octanol–water partition coefficient (Wildman–Crippen LogP) is 5.24. The van der Waals surface area contributed by atoms with Crippen molar-refractivity contribution in [1.82, 2.24) is 15.0 Å². The Labute approximate surface area is 144 Å². The molecule has 116 valence electrons. The Hall–Kier alpha value is -2.85. The first-order valence-electron chi connectivity index (χ1n) is 7.71. The standard InChI is InChI=1S/C20H15N3S/c1-14-19(18-11-12-21-13-22-18)24-20(23-14)17-9-7-16(8-10-17)15-5-3-2-4-6-15/h2-13H,1H3. The molecule has 2 heterocycles. The Balaban J connectivity index is 1.68. The number of benzene rings is 2. The molecular formula is C20H15N3S. The lowest BCUT2D eigenvalue weighted by Gasteiger charge is -2.02. The van der Waals surface area contributed by atoms with Crippen molar-refractivity contribution < 1.29 is 0 Å². The summed E-state index contributed by atoms with van der Waals surface area (Å²) in [5.74, 6) is 0. The topological polar surface area (TPSA) is 38.7 Å². The number of aryl methyl sites for hydroxylation is 1. The summed E-state index contributed by atoms with van der Waals surface area (Å²) >= 11 is 1.67. The zero-order valence-corrected chi connectivity index (χ0v) is 14.0. The molecule has 4 rings (SSSR count). The van der Waals surface area contributed by atoms with E-state index < -0.39 is 0 Å². The average Bonchev–Trinajstić information content (AvgIpc) is 3.05. The van der Waals surface area contributed by atoms with Crippen LogP contribution in [0.4, 0.5) is 0 Å². The third-order valence-corrected chi connectivity index (χ3v) is 5.08. The molecular weight excluding hydrogens is 314 g/mol. The summed E-state index contributed by atoms with van der Waals surface area (Å²) < 4.78 is 0. The van der Waals surface area contributed by atoms with Gasteiger partial charge in [-0.3, -0.25) is 0 Å². The van der Waals surface area contributed by atoms with Crippen LogP contribution in [0, 0.1) is 6.92 Å². The number of hydrogen-bond donors (Lipinski definition) is 0. The molecule has 0 bridgehead atoms. The van der Waals surface area contributed by atoms with Gasteiger partial charge in [-0.2, -0.15) is 0 Å². The van der Waals surface area contributed by atoms with Crippen LogP contribution in [0.5, 0.6) is 0 Å². The van der Waals surface area contributed by atoms with Crippen LogP contribution >= 0.6 is 11.3 Å². The summed E-state index contributed by atoms with van der Waals surface area (Å²) in [6, 6.07) is 20.9. The van der Waals surface area contributed by atoms with Gasteiger partial charge in [0.15, 0.2) is 0 Å². The predicted molar refractivity (Wildman–Crippen MR) is 98.7 cm³/mol. The van der Waals surface area contributed by atoms with Gasteiger partial charge in [-0.1, -0.05) is 54.6 Å². The maximum absolute atomic E-state index is 4.72. The normalized spacial score (nSPS) is 10.7. The Morgan fingerprint density at radius 2 is 1.50 bits per heavy atom. The minimum absolute atomic E-state index is 0.923. The highest BCUT2D eigenvalue weighted by Crippen LogP contribution is 2.34. The van der Waals surface area contributed by atoms with Crippen LogP contribution in [0.15, 0.2) is 73.2 Å². The van der Waals surface area contributed by atoms with Gasteiger partial charge >= 0.3 is 0 Å². The van der Waals surface area contributed by atoms with Gasteiger partial charge < -0.3 is 0 Å². The van der Waals surface area contributed by atoms with E-state index in [1.807, 2.05) is 19.1 Å². The zero-order valence-electron chi connectivity index (χ0n) is 13.2. The Kier molecular flexibility index (Phi) is 3.89. The van der Waals surface area contributed by atoms with Crippen LogP contribution in [-0.4, -0.2) is 15.0 Å². The highest BCUT2D eigenvalue weighted by molar-refractivity contribution is 7.18. The molecule has 3 nitrogen and oxygen atoms in total. The fraction of sp³-hybridized carbons (Fsp3) is 0.0500. The van der Waals surface area contributed by atoms with Gasteiger partial charge in [0.1, 0.15) is 11.3 Å². The van der Waals surface area contributed by atoms with Crippen molar-refractivity contribution in [2.75, 3.05) is 0 Å². The molecule has 0 N–H and O–H groups in total. The molecule has 0 aliphatic heterocycles. The number of aromatic nitrogens is 3. The van der Waals surface area contributed by atoms with Gasteiger partial charge in [0.25, 0.3) is 0 Å². The molecule has 0 atom stereocenters. The second-order valence-corrected chi connectivity index (χ2v) is 6.47. The zero-order chi connectivity index (χ0) is 16.4. The molecule has 0 radical (unpaired) electrons. The van der Waals surface area contributed by atoms with E-state index in [1.165, 1.54) is 11.1 Å². The fourth-order valence-corrected chi connectivity index (χ4v) is 3.67. The summed E-state index contributed by atoms with van der Waals surface area (Å²) in [5.41, 5.74) is 5.49. The van der Waals surface area contributed by atoms with E-state index in [9.17, 15) is 0 Å². The van der Waals surface area contributed by atoms with Crippen molar-refractivity contribution in [3.05, 3.63) is 78.9 Å². The van der Waals surface area contributed by atoms with E-state index in [0.717, 1.165) is 26.8 Å². The molecule has 4 aromatic rings. The number of thiazole rings is 1. The molecule has 0 aliphatic carbocycles. The lowest BCUT2D eigenvalue weighted by molar-refractivity contribution is 1.17. The van der Waals surface area contributed by atoms with Gasteiger partial charge in [-0.05, 0) is 24.1 Å². The molecule has 0 unspecified atom stereocenters. The molecule has 24 heavy (non-hydrogen) atoms. The lowest BCUT2D eigenvalue weighted by Crippen LogP contribution is -1.83. The van der Waals surface area contributed by atoms with Crippen molar-refractivity contribution in [2.24, 2.45) is 0 Å². The maximum atomic E-state index is 4.72. The number of hydrogen-bond acceptors (Lipinski definition) is 4. The highest BCUT2D eigenvalue weighted by atomic mass is 32.1. The quantitative estimate of drug-likeness (QED) is 0.516. The Morgan fingerprint density at radius 3 is 2.21 bits per heavy atom. The molecule has 2 aromatic carbocycles. The largest absolute Gasteiger partial charge is 0.245 e.